The van der Waals surface area contributed by atoms with Crippen molar-refractivity contribution in [2.45, 2.75) is 53.1 Å². The molecule has 0 heterocycles. The molecule has 0 aromatic carbocycles. The summed E-state index contributed by atoms with van der Waals surface area (Å²) in [6.45, 7) is 8.27. The van der Waals surface area contributed by atoms with Crippen molar-refractivity contribution < 1.29 is 19.1 Å². The van der Waals surface area contributed by atoms with Crippen LogP contribution in [0.15, 0.2) is 0 Å². The standard InChI is InChI=1S/C13H21NO4/c1-12(2,3)10(15)18-13(4,5)11(16)17-9-7-6-8-14/h6-7,9H2,1-5H3. The predicted octanol–water partition coefficient (Wildman–Crippen LogP) is 2.20. The highest BCUT2D eigenvalue weighted by molar-refractivity contribution is 5.84. The Bertz CT molecular complexity index is 347. The van der Waals surface area contributed by atoms with Crippen LogP contribution in [0.5, 0.6) is 0 Å². The van der Waals surface area contributed by atoms with Crippen molar-refractivity contribution in [3.8, 4) is 6.07 Å². The summed E-state index contributed by atoms with van der Waals surface area (Å²) >= 11 is 0. The summed E-state index contributed by atoms with van der Waals surface area (Å²) in [5.74, 6) is -1.06. The summed E-state index contributed by atoms with van der Waals surface area (Å²) in [7, 11) is 0. The molecule has 0 spiro atoms. The van der Waals surface area contributed by atoms with Gasteiger partial charge in [-0.3, -0.25) is 4.79 Å². The third kappa shape index (κ3) is 5.67. The quantitative estimate of drug-likeness (QED) is 0.556. The fourth-order valence-corrected chi connectivity index (χ4v) is 0.916. The summed E-state index contributed by atoms with van der Waals surface area (Å²) in [5, 5.41) is 8.34. The third-order valence-electron chi connectivity index (χ3n) is 2.12. The molecule has 0 aliphatic rings. The van der Waals surface area contributed by atoms with Crippen LogP contribution in [0.25, 0.3) is 0 Å². The number of nitrogens with zero attached hydrogens (tertiary/aromatic N) is 1. The zero-order valence-corrected chi connectivity index (χ0v) is 11.7. The first-order valence-electron chi connectivity index (χ1n) is 5.89. The van der Waals surface area contributed by atoms with E-state index in [0.29, 0.717) is 12.8 Å². The van der Waals surface area contributed by atoms with Gasteiger partial charge in [0.05, 0.1) is 18.1 Å². The zero-order valence-electron chi connectivity index (χ0n) is 11.7. The second kappa shape index (κ2) is 6.39. The van der Waals surface area contributed by atoms with Crippen LogP contribution in [0.1, 0.15) is 47.5 Å². The maximum absolute atomic E-state index is 11.7. The van der Waals surface area contributed by atoms with E-state index in [9.17, 15) is 9.59 Å². The minimum Gasteiger partial charge on any atom is -0.463 e. The van der Waals surface area contributed by atoms with Crippen LogP contribution < -0.4 is 0 Å². The highest BCUT2D eigenvalue weighted by Gasteiger charge is 2.37. The molecule has 0 aliphatic heterocycles. The molecule has 0 amide bonds. The molecule has 0 unspecified atom stereocenters. The second-order valence-electron chi connectivity index (χ2n) is 5.55. The first-order valence-corrected chi connectivity index (χ1v) is 5.89. The van der Waals surface area contributed by atoms with Crippen molar-refractivity contribution in [2.24, 2.45) is 5.41 Å². The number of hydrogen-bond donors (Lipinski definition) is 0. The Balaban J connectivity index is 4.32. The van der Waals surface area contributed by atoms with E-state index in [1.165, 1.54) is 13.8 Å². The summed E-state index contributed by atoms with van der Waals surface area (Å²) in [5.41, 5.74) is -1.98. The molecule has 0 saturated carbocycles. The average molecular weight is 255 g/mol. The van der Waals surface area contributed by atoms with Crippen molar-refractivity contribution in [3.63, 3.8) is 0 Å². The molecule has 0 radical (unpaired) electrons. The lowest BCUT2D eigenvalue weighted by Crippen LogP contribution is -2.41. The van der Waals surface area contributed by atoms with Crippen LogP contribution >= 0.6 is 0 Å². The van der Waals surface area contributed by atoms with E-state index in [-0.39, 0.29) is 6.61 Å². The molecule has 0 aliphatic carbocycles. The van der Waals surface area contributed by atoms with Gasteiger partial charge in [0.15, 0.2) is 0 Å². The maximum Gasteiger partial charge on any atom is 0.350 e. The van der Waals surface area contributed by atoms with Gasteiger partial charge in [-0.25, -0.2) is 4.79 Å². The monoisotopic (exact) mass is 255 g/mol. The molecule has 5 nitrogen and oxygen atoms in total. The van der Waals surface area contributed by atoms with Gasteiger partial charge in [0.1, 0.15) is 0 Å². The van der Waals surface area contributed by atoms with Crippen LogP contribution in [0.3, 0.4) is 0 Å². The van der Waals surface area contributed by atoms with Gasteiger partial charge in [0.25, 0.3) is 0 Å². The Hall–Kier alpha value is -1.57. The van der Waals surface area contributed by atoms with Gasteiger partial charge in [0.2, 0.25) is 5.60 Å². The lowest BCUT2D eigenvalue weighted by Gasteiger charge is -2.27. The number of esters is 2. The van der Waals surface area contributed by atoms with Crippen molar-refractivity contribution in [2.75, 3.05) is 6.61 Å². The molecule has 0 rings (SSSR count). The van der Waals surface area contributed by atoms with Crippen molar-refractivity contribution in [3.05, 3.63) is 0 Å². The van der Waals surface area contributed by atoms with Gasteiger partial charge in [-0.05, 0) is 41.0 Å². The summed E-state index contributed by atoms with van der Waals surface area (Å²) in [6.07, 6.45) is 0.807. The molecule has 0 bridgehead atoms. The van der Waals surface area contributed by atoms with E-state index in [1.54, 1.807) is 20.8 Å². The molecule has 18 heavy (non-hydrogen) atoms. The van der Waals surface area contributed by atoms with Gasteiger partial charge in [0, 0.05) is 6.42 Å². The van der Waals surface area contributed by atoms with E-state index < -0.39 is 23.0 Å². The molecule has 102 valence electrons. The van der Waals surface area contributed by atoms with Gasteiger partial charge in [-0.1, -0.05) is 0 Å². The minimum absolute atomic E-state index is 0.156. The van der Waals surface area contributed by atoms with Crippen molar-refractivity contribution in [1.29, 1.82) is 5.26 Å². The Kier molecular flexibility index (Phi) is 5.83. The largest absolute Gasteiger partial charge is 0.463 e. The Morgan fingerprint density at radius 3 is 2.11 bits per heavy atom. The molecular weight excluding hydrogens is 234 g/mol. The molecule has 0 saturated heterocycles. The van der Waals surface area contributed by atoms with Crippen LogP contribution in [-0.2, 0) is 19.1 Å². The van der Waals surface area contributed by atoms with Crippen molar-refractivity contribution >= 4 is 11.9 Å². The molecule has 0 N–H and O–H groups in total. The van der Waals surface area contributed by atoms with E-state index >= 15 is 0 Å². The fraction of sp³-hybridized carbons (Fsp3) is 0.769. The molecule has 5 heteroatoms. The molecule has 0 fully saturated rings. The predicted molar refractivity (Wildman–Crippen MR) is 65.4 cm³/mol. The van der Waals surface area contributed by atoms with Crippen LogP contribution in [-0.4, -0.2) is 24.1 Å². The number of rotatable bonds is 5. The topological polar surface area (TPSA) is 76.4 Å². The fourth-order valence-electron chi connectivity index (χ4n) is 0.916. The minimum atomic E-state index is -1.31. The van der Waals surface area contributed by atoms with E-state index in [1.807, 2.05) is 6.07 Å². The van der Waals surface area contributed by atoms with E-state index in [0.717, 1.165) is 0 Å². The van der Waals surface area contributed by atoms with Gasteiger partial charge in [-0.2, -0.15) is 5.26 Å². The normalized spacial score (nSPS) is 11.6. The zero-order chi connectivity index (χ0) is 14.4. The number of carbonyl (C=O) groups excluding carboxylic acids is 2. The number of ether oxygens (including phenoxy) is 2. The number of carbonyl (C=O) groups is 2. The first-order chi connectivity index (χ1) is 8.11. The molecule has 0 aromatic heterocycles. The Morgan fingerprint density at radius 2 is 1.67 bits per heavy atom. The second-order valence-corrected chi connectivity index (χ2v) is 5.55. The molecular formula is C13H21NO4. The van der Waals surface area contributed by atoms with Gasteiger partial charge < -0.3 is 9.47 Å². The Labute approximate surface area is 108 Å². The highest BCUT2D eigenvalue weighted by atomic mass is 16.6. The van der Waals surface area contributed by atoms with Crippen LogP contribution in [0.4, 0.5) is 0 Å². The van der Waals surface area contributed by atoms with Crippen LogP contribution in [0, 0.1) is 16.7 Å². The summed E-state index contributed by atoms with van der Waals surface area (Å²) in [6, 6.07) is 1.96. The van der Waals surface area contributed by atoms with E-state index in [4.69, 9.17) is 14.7 Å². The van der Waals surface area contributed by atoms with E-state index in [2.05, 4.69) is 0 Å². The van der Waals surface area contributed by atoms with Gasteiger partial charge >= 0.3 is 11.9 Å². The number of hydrogen-bond acceptors (Lipinski definition) is 5. The lowest BCUT2D eigenvalue weighted by molar-refractivity contribution is -0.183. The summed E-state index contributed by atoms with van der Waals surface area (Å²) in [4.78, 5) is 23.4. The Morgan fingerprint density at radius 1 is 1.11 bits per heavy atom. The SMILES string of the molecule is CC(C)(C)C(=O)OC(C)(C)C(=O)OCCCC#N. The summed E-state index contributed by atoms with van der Waals surface area (Å²) < 4.78 is 10.1. The molecule has 0 aromatic rings. The number of unbranched alkanes of at least 4 members (excludes halogenated alkanes) is 1. The maximum atomic E-state index is 11.7. The third-order valence-corrected chi connectivity index (χ3v) is 2.12. The lowest BCUT2D eigenvalue weighted by atomic mass is 9.97. The molecule has 0 atom stereocenters. The first kappa shape index (κ1) is 16.4. The number of nitriles is 1. The van der Waals surface area contributed by atoms with Crippen molar-refractivity contribution in [1.82, 2.24) is 0 Å². The van der Waals surface area contributed by atoms with Gasteiger partial charge in [-0.15, -0.1) is 0 Å². The highest BCUT2D eigenvalue weighted by Crippen LogP contribution is 2.21. The smallest absolute Gasteiger partial charge is 0.350 e. The van der Waals surface area contributed by atoms with Crippen LogP contribution in [0.2, 0.25) is 0 Å². The average Bonchev–Trinajstić information content (AvgIpc) is 2.22.